The Kier molecular flexibility index (Phi) is 6.93. The van der Waals surface area contributed by atoms with Crippen molar-refractivity contribution in [2.75, 3.05) is 33.5 Å². The van der Waals surface area contributed by atoms with Gasteiger partial charge in [0.15, 0.2) is 0 Å². The number of ether oxygens (including phenoxy) is 3. The van der Waals surface area contributed by atoms with Crippen molar-refractivity contribution in [2.24, 2.45) is 0 Å². The topological polar surface area (TPSA) is 56.8 Å². The normalized spacial score (nSPS) is 15.6. The average Bonchev–Trinajstić information content (AvgIpc) is 2.74. The minimum atomic E-state index is -0.167. The van der Waals surface area contributed by atoms with E-state index in [2.05, 4.69) is 11.4 Å². The van der Waals surface area contributed by atoms with Crippen molar-refractivity contribution in [1.82, 2.24) is 5.32 Å². The first-order valence-corrected chi connectivity index (χ1v) is 9.86. The first-order valence-electron chi connectivity index (χ1n) is 9.86. The van der Waals surface area contributed by atoms with Crippen LogP contribution in [-0.2, 0) is 21.4 Å². The Morgan fingerprint density at radius 3 is 2.50 bits per heavy atom. The fourth-order valence-electron chi connectivity index (χ4n) is 3.77. The van der Waals surface area contributed by atoms with Crippen LogP contribution in [0.15, 0.2) is 48.5 Å². The lowest BCUT2D eigenvalue weighted by atomic mass is 9.73. The Bertz CT molecular complexity index is 766. The van der Waals surface area contributed by atoms with Gasteiger partial charge in [-0.2, -0.15) is 0 Å². The van der Waals surface area contributed by atoms with Crippen LogP contribution in [0.2, 0.25) is 0 Å². The summed E-state index contributed by atoms with van der Waals surface area (Å²) < 4.78 is 16.6. The molecule has 1 saturated heterocycles. The zero-order valence-electron chi connectivity index (χ0n) is 16.7. The van der Waals surface area contributed by atoms with Crippen LogP contribution in [0.5, 0.6) is 11.5 Å². The average molecular weight is 383 g/mol. The number of carbonyl (C=O) groups is 1. The molecule has 5 nitrogen and oxygen atoms in total. The van der Waals surface area contributed by atoms with E-state index in [4.69, 9.17) is 14.2 Å². The summed E-state index contributed by atoms with van der Waals surface area (Å²) >= 11 is 0. The first kappa shape index (κ1) is 20.2. The highest BCUT2D eigenvalue weighted by molar-refractivity contribution is 5.78. The fraction of sp³-hybridized carbons (Fsp3) is 0.435. The molecule has 0 radical (unpaired) electrons. The Morgan fingerprint density at radius 2 is 1.82 bits per heavy atom. The number of carbonyl (C=O) groups excluding carboxylic acids is 1. The van der Waals surface area contributed by atoms with Crippen LogP contribution in [0, 0.1) is 0 Å². The number of rotatable bonds is 8. The van der Waals surface area contributed by atoms with Gasteiger partial charge in [-0.05, 0) is 43.5 Å². The van der Waals surface area contributed by atoms with Gasteiger partial charge in [-0.3, -0.25) is 4.79 Å². The third kappa shape index (κ3) is 4.84. The lowest BCUT2D eigenvalue weighted by Crippen LogP contribution is -2.45. The van der Waals surface area contributed by atoms with Crippen molar-refractivity contribution >= 4 is 5.91 Å². The second-order valence-electron chi connectivity index (χ2n) is 7.12. The van der Waals surface area contributed by atoms with Crippen LogP contribution in [-0.4, -0.2) is 39.4 Å². The smallest absolute Gasteiger partial charge is 0.224 e. The summed E-state index contributed by atoms with van der Waals surface area (Å²) in [5.74, 6) is 1.71. The van der Waals surface area contributed by atoms with Gasteiger partial charge in [-0.15, -0.1) is 0 Å². The van der Waals surface area contributed by atoms with Crippen LogP contribution in [0.25, 0.3) is 0 Å². The quantitative estimate of drug-likeness (QED) is 0.758. The third-order valence-electron chi connectivity index (χ3n) is 5.35. The fourth-order valence-corrected chi connectivity index (χ4v) is 3.77. The van der Waals surface area contributed by atoms with E-state index in [1.54, 1.807) is 7.11 Å². The molecule has 1 aliphatic heterocycles. The molecule has 1 N–H and O–H groups in total. The molecule has 0 saturated carbocycles. The number of amides is 1. The Labute approximate surface area is 167 Å². The van der Waals surface area contributed by atoms with Gasteiger partial charge in [0.2, 0.25) is 5.91 Å². The predicted molar refractivity (Wildman–Crippen MR) is 109 cm³/mol. The van der Waals surface area contributed by atoms with Gasteiger partial charge in [0.1, 0.15) is 11.5 Å². The van der Waals surface area contributed by atoms with E-state index in [0.29, 0.717) is 32.8 Å². The molecular formula is C23H29NO4. The third-order valence-corrected chi connectivity index (χ3v) is 5.35. The van der Waals surface area contributed by atoms with Gasteiger partial charge in [0.25, 0.3) is 0 Å². The molecule has 0 atom stereocenters. The molecule has 1 fully saturated rings. The number of para-hydroxylation sites is 1. The molecule has 1 aliphatic rings. The molecule has 1 amide bonds. The van der Waals surface area contributed by atoms with E-state index in [1.807, 2.05) is 49.4 Å². The highest BCUT2D eigenvalue weighted by Crippen LogP contribution is 2.39. The summed E-state index contributed by atoms with van der Waals surface area (Å²) in [7, 11) is 1.69. The van der Waals surface area contributed by atoms with Crippen LogP contribution in [0.4, 0.5) is 0 Å². The number of hydrogen-bond donors (Lipinski definition) is 1. The minimum Gasteiger partial charge on any atom is -0.496 e. The van der Waals surface area contributed by atoms with Crippen molar-refractivity contribution in [3.63, 3.8) is 0 Å². The first-order chi connectivity index (χ1) is 13.7. The van der Waals surface area contributed by atoms with Crippen LogP contribution in [0.3, 0.4) is 0 Å². The Morgan fingerprint density at radius 1 is 1.11 bits per heavy atom. The summed E-state index contributed by atoms with van der Waals surface area (Å²) in [6.07, 6.45) is 2.07. The standard InChI is InChI=1S/C23H29NO4/c1-3-28-19-10-8-18(9-11-19)16-22(25)24-17-23(12-14-27-15-13-23)20-6-4-5-7-21(20)26-2/h4-11H,3,12-17H2,1-2H3,(H,24,25). The number of nitrogens with one attached hydrogen (secondary N) is 1. The lowest BCUT2D eigenvalue weighted by Gasteiger charge is -2.38. The number of methoxy groups -OCH3 is 1. The Hall–Kier alpha value is -2.53. The minimum absolute atomic E-state index is 0.0184. The van der Waals surface area contributed by atoms with Gasteiger partial charge >= 0.3 is 0 Å². The lowest BCUT2D eigenvalue weighted by molar-refractivity contribution is -0.121. The van der Waals surface area contributed by atoms with Crippen molar-refractivity contribution in [3.8, 4) is 11.5 Å². The predicted octanol–water partition coefficient (Wildman–Crippen LogP) is 3.50. The van der Waals surface area contributed by atoms with E-state index < -0.39 is 0 Å². The van der Waals surface area contributed by atoms with Gasteiger partial charge in [0.05, 0.1) is 20.1 Å². The molecule has 150 valence electrons. The van der Waals surface area contributed by atoms with E-state index in [0.717, 1.165) is 35.5 Å². The second-order valence-corrected chi connectivity index (χ2v) is 7.12. The summed E-state index contributed by atoms with van der Waals surface area (Å²) in [6, 6.07) is 15.8. The summed E-state index contributed by atoms with van der Waals surface area (Å²) in [4.78, 5) is 12.6. The monoisotopic (exact) mass is 383 g/mol. The summed E-state index contributed by atoms with van der Waals surface area (Å²) in [5.41, 5.74) is 1.95. The molecule has 2 aromatic carbocycles. The van der Waals surface area contributed by atoms with Crippen molar-refractivity contribution < 1.29 is 19.0 Å². The van der Waals surface area contributed by atoms with Crippen LogP contribution in [0.1, 0.15) is 30.9 Å². The van der Waals surface area contributed by atoms with Gasteiger partial charge in [-0.1, -0.05) is 30.3 Å². The van der Waals surface area contributed by atoms with Crippen molar-refractivity contribution in [3.05, 3.63) is 59.7 Å². The van der Waals surface area contributed by atoms with Gasteiger partial charge in [-0.25, -0.2) is 0 Å². The molecule has 5 heteroatoms. The maximum Gasteiger partial charge on any atom is 0.224 e. The molecule has 0 unspecified atom stereocenters. The van der Waals surface area contributed by atoms with Gasteiger partial charge in [0, 0.05) is 30.7 Å². The zero-order chi connectivity index (χ0) is 19.8. The van der Waals surface area contributed by atoms with E-state index in [1.165, 1.54) is 0 Å². The molecule has 28 heavy (non-hydrogen) atoms. The highest BCUT2D eigenvalue weighted by atomic mass is 16.5. The summed E-state index contributed by atoms with van der Waals surface area (Å²) in [6.45, 7) is 4.54. The molecule has 3 rings (SSSR count). The number of hydrogen-bond acceptors (Lipinski definition) is 4. The molecule has 1 heterocycles. The van der Waals surface area contributed by atoms with E-state index in [9.17, 15) is 4.79 Å². The largest absolute Gasteiger partial charge is 0.496 e. The van der Waals surface area contributed by atoms with Crippen LogP contribution < -0.4 is 14.8 Å². The molecule has 0 bridgehead atoms. The zero-order valence-corrected chi connectivity index (χ0v) is 16.7. The number of benzene rings is 2. The van der Waals surface area contributed by atoms with Crippen molar-refractivity contribution in [1.29, 1.82) is 0 Å². The maximum absolute atomic E-state index is 12.6. The molecule has 0 aromatic heterocycles. The Balaban J connectivity index is 1.67. The SMILES string of the molecule is CCOc1ccc(CC(=O)NCC2(c3ccccc3OC)CCOCC2)cc1. The summed E-state index contributed by atoms with van der Waals surface area (Å²) in [5, 5.41) is 3.15. The van der Waals surface area contributed by atoms with Crippen molar-refractivity contribution in [2.45, 2.75) is 31.6 Å². The highest BCUT2D eigenvalue weighted by Gasteiger charge is 2.37. The molecule has 0 aliphatic carbocycles. The van der Waals surface area contributed by atoms with E-state index >= 15 is 0 Å². The molecule has 2 aromatic rings. The molecule has 0 spiro atoms. The second kappa shape index (κ2) is 9.60. The van der Waals surface area contributed by atoms with E-state index in [-0.39, 0.29) is 11.3 Å². The maximum atomic E-state index is 12.6. The van der Waals surface area contributed by atoms with Crippen LogP contribution >= 0.6 is 0 Å². The van der Waals surface area contributed by atoms with Gasteiger partial charge < -0.3 is 19.5 Å². The molecular weight excluding hydrogens is 354 g/mol.